The van der Waals surface area contributed by atoms with E-state index in [0.29, 0.717) is 5.56 Å². The van der Waals surface area contributed by atoms with Gasteiger partial charge >= 0.3 is 0 Å². The Labute approximate surface area is 196 Å². The summed E-state index contributed by atoms with van der Waals surface area (Å²) >= 11 is 0. The first-order valence-corrected chi connectivity index (χ1v) is 9.65. The summed E-state index contributed by atoms with van der Waals surface area (Å²) in [5.41, 5.74) is 4.27. The second-order valence-electron chi connectivity index (χ2n) is 6.93. The molecule has 2 aromatic carbocycles. The van der Waals surface area contributed by atoms with E-state index in [1.54, 1.807) is 22.9 Å². The van der Waals surface area contributed by atoms with Crippen molar-refractivity contribution in [3.8, 4) is 22.8 Å². The third kappa shape index (κ3) is 4.25. The molecule has 1 unspecified atom stereocenters. The number of hydrogen-bond acceptors (Lipinski definition) is 3. The van der Waals surface area contributed by atoms with Gasteiger partial charge in [0.05, 0.1) is 11.4 Å². The minimum absolute atomic E-state index is 0. The number of hydrogen-bond donors (Lipinski definition) is 1. The standard InChI is InChI=1S/C25H18N4O.Au/c30-23-12-5-4-9-19(23)20-10-6-11-21(27-20)25(18-7-2-1-3-8-18)22-13-14-24(28-22)29-16-15-26-17-29;/h1-16,25H,(H,27,30);/q-2;. The number of aromatic hydroxyl groups is 1. The van der Waals surface area contributed by atoms with Crippen molar-refractivity contribution in [2.75, 3.05) is 0 Å². The third-order valence-corrected chi connectivity index (χ3v) is 5.02. The van der Waals surface area contributed by atoms with Gasteiger partial charge in [0, 0.05) is 33.9 Å². The Morgan fingerprint density at radius 3 is 2.45 bits per heavy atom. The summed E-state index contributed by atoms with van der Waals surface area (Å²) in [6, 6.07) is 27.3. The van der Waals surface area contributed by atoms with Gasteiger partial charge in [-0.1, -0.05) is 72.8 Å². The van der Waals surface area contributed by atoms with Crippen LogP contribution in [0.2, 0.25) is 0 Å². The first-order chi connectivity index (χ1) is 14.8. The molecule has 0 aliphatic heterocycles. The minimum atomic E-state index is -0.144. The van der Waals surface area contributed by atoms with Gasteiger partial charge in [0.15, 0.2) is 0 Å². The number of phenolic OH excluding ortho intramolecular Hbond substituents is 1. The summed E-state index contributed by atoms with van der Waals surface area (Å²) in [6.07, 6.45) is 6.38. The quantitative estimate of drug-likeness (QED) is 0.242. The molecule has 1 N–H and O–H groups in total. The van der Waals surface area contributed by atoms with E-state index in [1.807, 2.05) is 66.9 Å². The summed E-state index contributed by atoms with van der Waals surface area (Å²) in [7, 11) is 0. The molecule has 3 aromatic heterocycles. The van der Waals surface area contributed by atoms with Crippen LogP contribution in [0, 0.1) is 6.33 Å². The van der Waals surface area contributed by atoms with Crippen LogP contribution in [0.1, 0.15) is 22.9 Å². The second kappa shape index (κ2) is 9.18. The number of rotatable bonds is 5. The van der Waals surface area contributed by atoms with Crippen LogP contribution < -0.4 is 4.98 Å². The molecule has 0 aliphatic rings. The Kier molecular flexibility index (Phi) is 6.18. The maximum Gasteiger partial charge on any atom is 0.124 e. The van der Waals surface area contributed by atoms with Gasteiger partial charge in [-0.25, -0.2) is 0 Å². The van der Waals surface area contributed by atoms with E-state index in [2.05, 4.69) is 23.4 Å². The number of imidazole rings is 1. The molecule has 5 nitrogen and oxygen atoms in total. The zero-order chi connectivity index (χ0) is 20.3. The summed E-state index contributed by atoms with van der Waals surface area (Å²) < 4.78 is 1.76. The number of pyridine rings is 1. The molecular formula is C25H18AuN4O-2. The third-order valence-electron chi connectivity index (χ3n) is 5.02. The van der Waals surface area contributed by atoms with E-state index < -0.39 is 0 Å². The van der Waals surface area contributed by atoms with Crippen molar-refractivity contribution in [1.82, 2.24) is 19.5 Å². The molecule has 0 bridgehead atoms. The van der Waals surface area contributed by atoms with Crippen LogP contribution in [0.15, 0.2) is 97.3 Å². The van der Waals surface area contributed by atoms with Crippen LogP contribution >= 0.6 is 0 Å². The molecule has 0 saturated heterocycles. The molecule has 157 valence electrons. The van der Waals surface area contributed by atoms with Crippen LogP contribution in [-0.4, -0.2) is 19.6 Å². The van der Waals surface area contributed by atoms with E-state index in [0.717, 1.165) is 28.5 Å². The summed E-state index contributed by atoms with van der Waals surface area (Å²) in [6.45, 7) is 0. The number of phenols is 1. The largest absolute Gasteiger partial charge is 0.534 e. The topological polar surface area (TPSA) is 65.0 Å². The normalized spacial score (nSPS) is 11.6. The van der Waals surface area contributed by atoms with Gasteiger partial charge < -0.3 is 19.6 Å². The summed E-state index contributed by atoms with van der Waals surface area (Å²) in [5, 5.41) is 10.3. The number of aromatic nitrogens is 4. The molecular weight excluding hydrogens is 569 g/mol. The molecule has 5 rings (SSSR count). The Bertz CT molecular complexity index is 1270. The molecule has 5 aromatic rings. The maximum absolute atomic E-state index is 10.3. The van der Waals surface area contributed by atoms with Crippen molar-refractivity contribution in [2.24, 2.45) is 0 Å². The van der Waals surface area contributed by atoms with Gasteiger partial charge in [-0.05, 0) is 29.8 Å². The average molecular weight is 587 g/mol. The van der Waals surface area contributed by atoms with Crippen molar-refractivity contribution in [3.63, 3.8) is 0 Å². The fourth-order valence-corrected chi connectivity index (χ4v) is 3.61. The first kappa shape index (κ1) is 20.9. The molecule has 0 amide bonds. The predicted octanol–water partition coefficient (Wildman–Crippen LogP) is 4.57. The van der Waals surface area contributed by atoms with Crippen molar-refractivity contribution >= 4 is 0 Å². The van der Waals surface area contributed by atoms with E-state index in [4.69, 9.17) is 9.97 Å². The molecule has 0 spiro atoms. The zero-order valence-electron chi connectivity index (χ0n) is 16.4. The Balaban J connectivity index is 0.00000231. The van der Waals surface area contributed by atoms with E-state index in [-0.39, 0.29) is 34.0 Å². The Hall–Kier alpha value is -3.38. The van der Waals surface area contributed by atoms with Crippen LogP contribution in [-0.2, 0) is 22.4 Å². The van der Waals surface area contributed by atoms with Gasteiger partial charge in [0.1, 0.15) is 5.75 Å². The van der Waals surface area contributed by atoms with E-state index in [1.165, 1.54) is 0 Å². The smallest absolute Gasteiger partial charge is 0.124 e. The fraction of sp³-hybridized carbons (Fsp3) is 0.0400. The fourth-order valence-electron chi connectivity index (χ4n) is 3.61. The molecule has 0 saturated carbocycles. The minimum Gasteiger partial charge on any atom is -0.534 e. The van der Waals surface area contributed by atoms with Gasteiger partial charge in [-0.3, -0.25) is 4.98 Å². The Morgan fingerprint density at radius 1 is 0.871 bits per heavy atom. The van der Waals surface area contributed by atoms with Crippen molar-refractivity contribution in [3.05, 3.63) is 121 Å². The maximum atomic E-state index is 10.3. The number of nitrogens with zero attached hydrogens (tertiary/aromatic N) is 4. The molecule has 0 fully saturated rings. The predicted molar refractivity (Wildman–Crippen MR) is 114 cm³/mol. The Morgan fingerprint density at radius 2 is 1.68 bits per heavy atom. The molecule has 1 atom stereocenters. The van der Waals surface area contributed by atoms with Crippen molar-refractivity contribution in [2.45, 2.75) is 5.92 Å². The van der Waals surface area contributed by atoms with Gasteiger partial charge in [-0.2, -0.15) is 6.20 Å². The molecule has 3 heterocycles. The average Bonchev–Trinajstić information content (AvgIpc) is 3.48. The van der Waals surface area contributed by atoms with E-state index >= 15 is 0 Å². The van der Waals surface area contributed by atoms with Crippen molar-refractivity contribution in [1.29, 1.82) is 0 Å². The van der Waals surface area contributed by atoms with Crippen LogP contribution in [0.5, 0.6) is 5.75 Å². The second-order valence-corrected chi connectivity index (χ2v) is 6.93. The SMILES string of the molecule is Oc1ccccc1-c1cccc(C(c2ccccc2)c2ccc(-n3[c-]ncc3)[n-]2)n1.[Au]. The summed E-state index contributed by atoms with van der Waals surface area (Å²) in [5.74, 6) is 0.831. The molecule has 0 aliphatic carbocycles. The first-order valence-electron chi connectivity index (χ1n) is 9.65. The van der Waals surface area contributed by atoms with Crippen LogP contribution in [0.4, 0.5) is 0 Å². The van der Waals surface area contributed by atoms with Gasteiger partial charge in [0.25, 0.3) is 0 Å². The molecule has 31 heavy (non-hydrogen) atoms. The van der Waals surface area contributed by atoms with Crippen LogP contribution in [0.25, 0.3) is 17.1 Å². The number of para-hydroxylation sites is 1. The monoisotopic (exact) mass is 587 g/mol. The van der Waals surface area contributed by atoms with Gasteiger partial charge in [0.2, 0.25) is 0 Å². The van der Waals surface area contributed by atoms with E-state index in [9.17, 15) is 5.11 Å². The van der Waals surface area contributed by atoms with Crippen LogP contribution in [0.3, 0.4) is 0 Å². The zero-order valence-corrected chi connectivity index (χ0v) is 18.5. The molecule has 1 radical (unpaired) electrons. The number of benzene rings is 2. The summed E-state index contributed by atoms with van der Waals surface area (Å²) in [4.78, 5) is 13.7. The molecule has 6 heteroatoms. The van der Waals surface area contributed by atoms with Crippen molar-refractivity contribution < 1.29 is 27.5 Å². The van der Waals surface area contributed by atoms with Gasteiger partial charge in [-0.15, -0.1) is 11.9 Å².